The summed E-state index contributed by atoms with van der Waals surface area (Å²) in [6.07, 6.45) is 2.15. The van der Waals surface area contributed by atoms with Crippen molar-refractivity contribution < 1.29 is 14.3 Å². The van der Waals surface area contributed by atoms with E-state index in [1.54, 1.807) is 11.8 Å². The SMILES string of the molecule is COC(=O)CC(NC(=O)C(C)C1CNC1)c1ccc(SC)cc1. The lowest BCUT2D eigenvalue weighted by Crippen LogP contribution is -2.50. The van der Waals surface area contributed by atoms with Gasteiger partial charge in [0.15, 0.2) is 0 Å². The van der Waals surface area contributed by atoms with Gasteiger partial charge in [-0.05, 0) is 43.0 Å². The van der Waals surface area contributed by atoms with E-state index in [1.807, 2.05) is 37.4 Å². The third-order valence-corrected chi connectivity index (χ3v) is 5.11. The van der Waals surface area contributed by atoms with E-state index >= 15 is 0 Å². The van der Waals surface area contributed by atoms with Crippen LogP contribution >= 0.6 is 11.8 Å². The minimum Gasteiger partial charge on any atom is -0.469 e. The Morgan fingerprint density at radius 2 is 2.00 bits per heavy atom. The van der Waals surface area contributed by atoms with E-state index in [0.717, 1.165) is 23.5 Å². The van der Waals surface area contributed by atoms with Crippen molar-refractivity contribution in [1.29, 1.82) is 0 Å². The van der Waals surface area contributed by atoms with Gasteiger partial charge in [-0.25, -0.2) is 0 Å². The van der Waals surface area contributed by atoms with Crippen LogP contribution in [0, 0.1) is 11.8 Å². The number of esters is 1. The summed E-state index contributed by atoms with van der Waals surface area (Å²) in [6.45, 7) is 3.68. The zero-order valence-electron chi connectivity index (χ0n) is 13.8. The highest BCUT2D eigenvalue weighted by molar-refractivity contribution is 7.98. The maximum atomic E-state index is 12.5. The van der Waals surface area contributed by atoms with E-state index in [9.17, 15) is 9.59 Å². The Hall–Kier alpha value is -1.53. The fourth-order valence-corrected chi connectivity index (χ4v) is 2.93. The molecule has 0 aliphatic carbocycles. The number of hydrogen-bond donors (Lipinski definition) is 2. The normalized spacial score (nSPS) is 17.0. The Labute approximate surface area is 141 Å². The second-order valence-electron chi connectivity index (χ2n) is 5.82. The van der Waals surface area contributed by atoms with Gasteiger partial charge in [-0.3, -0.25) is 9.59 Å². The monoisotopic (exact) mass is 336 g/mol. The average Bonchev–Trinajstić information content (AvgIpc) is 2.52. The van der Waals surface area contributed by atoms with Crippen molar-refractivity contribution in [2.24, 2.45) is 11.8 Å². The van der Waals surface area contributed by atoms with Gasteiger partial charge in [-0.15, -0.1) is 11.8 Å². The number of methoxy groups -OCH3 is 1. The molecule has 23 heavy (non-hydrogen) atoms. The van der Waals surface area contributed by atoms with Gasteiger partial charge in [-0.1, -0.05) is 19.1 Å². The van der Waals surface area contributed by atoms with Gasteiger partial charge >= 0.3 is 5.97 Å². The average molecular weight is 336 g/mol. The molecule has 2 N–H and O–H groups in total. The van der Waals surface area contributed by atoms with Gasteiger partial charge in [0.1, 0.15) is 0 Å². The number of carbonyl (C=O) groups excluding carboxylic acids is 2. The van der Waals surface area contributed by atoms with E-state index in [4.69, 9.17) is 4.74 Å². The number of hydrogen-bond acceptors (Lipinski definition) is 5. The number of carbonyl (C=O) groups is 2. The molecule has 1 aromatic carbocycles. The molecule has 2 atom stereocenters. The molecule has 1 aliphatic rings. The summed E-state index contributed by atoms with van der Waals surface area (Å²) in [5, 5.41) is 6.19. The Balaban J connectivity index is 2.08. The predicted octanol–water partition coefficient (Wildman–Crippen LogP) is 1.98. The molecular weight excluding hydrogens is 312 g/mol. The summed E-state index contributed by atoms with van der Waals surface area (Å²) < 4.78 is 4.76. The summed E-state index contributed by atoms with van der Waals surface area (Å²) in [4.78, 5) is 25.3. The molecule has 1 aliphatic heterocycles. The molecule has 5 nitrogen and oxygen atoms in total. The van der Waals surface area contributed by atoms with Crippen molar-refractivity contribution in [2.75, 3.05) is 26.5 Å². The largest absolute Gasteiger partial charge is 0.469 e. The second-order valence-corrected chi connectivity index (χ2v) is 6.70. The van der Waals surface area contributed by atoms with Crippen molar-refractivity contribution >= 4 is 23.6 Å². The first-order valence-electron chi connectivity index (χ1n) is 7.77. The van der Waals surface area contributed by atoms with Gasteiger partial charge in [-0.2, -0.15) is 0 Å². The van der Waals surface area contributed by atoms with Crippen molar-refractivity contribution in [1.82, 2.24) is 10.6 Å². The molecule has 0 saturated carbocycles. The van der Waals surface area contributed by atoms with Crippen molar-refractivity contribution in [3.63, 3.8) is 0 Å². The smallest absolute Gasteiger partial charge is 0.307 e. The molecule has 126 valence electrons. The molecule has 0 bridgehead atoms. The van der Waals surface area contributed by atoms with Crippen LogP contribution in [0.1, 0.15) is 24.9 Å². The van der Waals surface area contributed by atoms with Crippen LogP contribution in [0.2, 0.25) is 0 Å². The maximum Gasteiger partial charge on any atom is 0.307 e. The minimum atomic E-state index is -0.360. The fraction of sp³-hybridized carbons (Fsp3) is 0.529. The summed E-state index contributed by atoms with van der Waals surface area (Å²) in [5.74, 6) is -0.0453. The molecule has 1 amide bonds. The van der Waals surface area contributed by atoms with Crippen LogP contribution in [0.25, 0.3) is 0 Å². The summed E-state index contributed by atoms with van der Waals surface area (Å²) in [7, 11) is 1.36. The topological polar surface area (TPSA) is 67.4 Å². The van der Waals surface area contributed by atoms with Crippen LogP contribution in [0.3, 0.4) is 0 Å². The van der Waals surface area contributed by atoms with Crippen LogP contribution in [0.4, 0.5) is 0 Å². The van der Waals surface area contributed by atoms with Crippen molar-refractivity contribution in [3.05, 3.63) is 29.8 Å². The van der Waals surface area contributed by atoms with Gasteiger partial charge in [0.2, 0.25) is 5.91 Å². The van der Waals surface area contributed by atoms with E-state index in [-0.39, 0.29) is 30.3 Å². The molecule has 0 aromatic heterocycles. The molecule has 1 fully saturated rings. The molecule has 2 unspecified atom stereocenters. The highest BCUT2D eigenvalue weighted by Crippen LogP contribution is 2.23. The van der Waals surface area contributed by atoms with Gasteiger partial charge in [0, 0.05) is 10.8 Å². The van der Waals surface area contributed by atoms with Crippen molar-refractivity contribution in [2.45, 2.75) is 24.3 Å². The first kappa shape index (κ1) is 17.8. The highest BCUT2D eigenvalue weighted by Gasteiger charge is 2.30. The van der Waals surface area contributed by atoms with Crippen LogP contribution in [0.5, 0.6) is 0 Å². The summed E-state index contributed by atoms with van der Waals surface area (Å²) in [6, 6.07) is 7.54. The van der Waals surface area contributed by atoms with E-state index in [0.29, 0.717) is 5.92 Å². The zero-order chi connectivity index (χ0) is 16.8. The number of benzene rings is 1. The number of ether oxygens (including phenoxy) is 1. The number of nitrogens with one attached hydrogen (secondary N) is 2. The Bertz CT molecular complexity index is 543. The fourth-order valence-electron chi connectivity index (χ4n) is 2.52. The third kappa shape index (κ3) is 4.72. The second kappa shape index (κ2) is 8.36. The van der Waals surface area contributed by atoms with Crippen LogP contribution in [0.15, 0.2) is 29.2 Å². The van der Waals surface area contributed by atoms with E-state index in [1.165, 1.54) is 7.11 Å². The molecule has 1 saturated heterocycles. The predicted molar refractivity (Wildman–Crippen MR) is 91.3 cm³/mol. The van der Waals surface area contributed by atoms with Crippen LogP contribution in [-0.2, 0) is 14.3 Å². The van der Waals surface area contributed by atoms with Gasteiger partial charge in [0.05, 0.1) is 19.6 Å². The third-order valence-electron chi connectivity index (χ3n) is 4.37. The lowest BCUT2D eigenvalue weighted by Gasteiger charge is -2.32. The Morgan fingerprint density at radius 1 is 1.35 bits per heavy atom. The molecule has 1 aromatic rings. The van der Waals surface area contributed by atoms with Gasteiger partial charge in [0.25, 0.3) is 0 Å². The summed E-state index contributed by atoms with van der Waals surface area (Å²) >= 11 is 1.65. The molecule has 0 spiro atoms. The summed E-state index contributed by atoms with van der Waals surface area (Å²) in [5.41, 5.74) is 0.917. The van der Waals surface area contributed by atoms with Crippen molar-refractivity contribution in [3.8, 4) is 0 Å². The molecular formula is C17H24N2O3S. The zero-order valence-corrected chi connectivity index (χ0v) is 14.6. The Morgan fingerprint density at radius 3 is 2.48 bits per heavy atom. The molecule has 2 rings (SSSR count). The quantitative estimate of drug-likeness (QED) is 0.589. The molecule has 6 heteroatoms. The molecule has 1 heterocycles. The number of rotatable bonds is 7. The Kier molecular flexibility index (Phi) is 6.47. The number of thioether (sulfide) groups is 1. The standard InChI is InChI=1S/C17H24N2O3S/c1-11(13-9-18-10-13)17(21)19-15(8-16(20)22-2)12-4-6-14(23-3)7-5-12/h4-7,11,13,15,18H,8-10H2,1-3H3,(H,19,21). The van der Waals surface area contributed by atoms with E-state index < -0.39 is 0 Å². The maximum absolute atomic E-state index is 12.5. The van der Waals surface area contributed by atoms with Gasteiger partial charge < -0.3 is 15.4 Å². The molecule has 0 radical (unpaired) electrons. The first-order valence-corrected chi connectivity index (χ1v) is 8.99. The van der Waals surface area contributed by atoms with Crippen LogP contribution < -0.4 is 10.6 Å². The lowest BCUT2D eigenvalue weighted by molar-refractivity contribution is -0.141. The first-order chi connectivity index (χ1) is 11.0. The number of amides is 1. The lowest BCUT2D eigenvalue weighted by atomic mass is 9.88. The van der Waals surface area contributed by atoms with E-state index in [2.05, 4.69) is 10.6 Å². The minimum absolute atomic E-state index is 0.0145. The van der Waals surface area contributed by atoms with Crippen LogP contribution in [-0.4, -0.2) is 38.3 Å². The highest BCUT2D eigenvalue weighted by atomic mass is 32.2.